The first-order chi connectivity index (χ1) is 8.97. The monoisotopic (exact) mass is 288 g/mol. The van der Waals surface area contributed by atoms with E-state index < -0.39 is 30.2 Å². The highest BCUT2D eigenvalue weighted by Gasteiger charge is 2.37. The molecule has 0 spiro atoms. The maximum Gasteiger partial charge on any atom is 0.328 e. The number of carbonyl (C=O) groups is 1. The van der Waals surface area contributed by atoms with Crippen molar-refractivity contribution in [3.8, 4) is 0 Å². The van der Waals surface area contributed by atoms with Crippen molar-refractivity contribution < 1.29 is 18.7 Å². The van der Waals surface area contributed by atoms with Crippen molar-refractivity contribution in [3.05, 3.63) is 27.4 Å². The molecule has 1 aromatic rings. The molecule has 0 aliphatic carbocycles. The molecule has 0 saturated carbocycles. The van der Waals surface area contributed by atoms with Crippen molar-refractivity contribution in [2.75, 3.05) is 6.61 Å². The van der Waals surface area contributed by atoms with Crippen molar-refractivity contribution in [3.63, 3.8) is 0 Å². The lowest BCUT2D eigenvalue weighted by atomic mass is 10.2. The molecule has 1 fully saturated rings. The van der Waals surface area contributed by atoms with E-state index in [0.717, 1.165) is 0 Å². The number of nitrogens with zero attached hydrogens (tertiary/aromatic N) is 1. The third-order valence-corrected chi connectivity index (χ3v) is 3.01. The average Bonchev–Trinajstić information content (AvgIpc) is 2.67. The summed E-state index contributed by atoms with van der Waals surface area (Å²) in [7, 11) is 0. The molecule has 6 nitrogen and oxygen atoms in total. The fraction of sp³-hybridized carbons (Fsp3) is 0.545. The molecule has 1 aliphatic heterocycles. The summed E-state index contributed by atoms with van der Waals surface area (Å²) in [6.45, 7) is 1.08. The summed E-state index contributed by atoms with van der Waals surface area (Å²) in [5, 5.41) is 0. The second kappa shape index (κ2) is 5.62. The zero-order valence-electron chi connectivity index (χ0n) is 10.2. The Morgan fingerprint density at radius 3 is 3.11 bits per heavy atom. The first-order valence-corrected chi connectivity index (χ1v) is 6.12. The molecule has 19 heavy (non-hydrogen) atoms. The fourth-order valence-corrected chi connectivity index (χ4v) is 2.01. The van der Waals surface area contributed by atoms with Crippen LogP contribution in [0.1, 0.15) is 19.6 Å². The van der Waals surface area contributed by atoms with Crippen molar-refractivity contribution in [1.82, 2.24) is 9.55 Å². The summed E-state index contributed by atoms with van der Waals surface area (Å²) in [6, 6.07) is 1.52. The molecule has 1 aliphatic rings. The van der Waals surface area contributed by atoms with E-state index in [-0.39, 0.29) is 13.0 Å². The van der Waals surface area contributed by atoms with E-state index in [1.54, 1.807) is 0 Å². The molecule has 3 atom stereocenters. The van der Waals surface area contributed by atoms with Gasteiger partial charge in [-0.25, -0.2) is 9.18 Å². The Morgan fingerprint density at radius 2 is 2.47 bits per heavy atom. The largest absolute Gasteiger partial charge is 0.463 e. The number of alkyl halides is 1. The van der Waals surface area contributed by atoms with Gasteiger partial charge in [-0.15, -0.1) is 0 Å². The summed E-state index contributed by atoms with van der Waals surface area (Å²) in [5.74, 6) is -0.500. The molecule has 2 heterocycles. The second-order valence-corrected chi connectivity index (χ2v) is 4.64. The van der Waals surface area contributed by atoms with Crippen LogP contribution in [0.4, 0.5) is 4.39 Å². The summed E-state index contributed by atoms with van der Waals surface area (Å²) in [6.07, 6.45) is -1.40. The minimum absolute atomic E-state index is 0.0243. The Kier molecular flexibility index (Phi) is 4.11. The molecule has 1 N–H and O–H groups in total. The third kappa shape index (κ3) is 3.27. The molecule has 0 amide bonds. The Hall–Kier alpha value is -1.54. The summed E-state index contributed by atoms with van der Waals surface area (Å²) < 4.78 is 25.4. The fourth-order valence-electron chi connectivity index (χ4n) is 1.86. The first kappa shape index (κ1) is 13.9. The predicted octanol–water partition coefficient (Wildman–Crippen LogP) is 1.09. The predicted molar refractivity (Wildman–Crippen MR) is 65.9 cm³/mol. The van der Waals surface area contributed by atoms with Crippen LogP contribution in [0.15, 0.2) is 17.1 Å². The number of rotatable bonds is 3. The lowest BCUT2D eigenvalue weighted by Crippen LogP contribution is -2.28. The number of hydrogen-bond acceptors (Lipinski definition) is 5. The smallest absolute Gasteiger partial charge is 0.328 e. The second-order valence-electron chi connectivity index (χ2n) is 4.20. The topological polar surface area (TPSA) is 73.3 Å². The van der Waals surface area contributed by atoms with Crippen molar-refractivity contribution in [1.29, 1.82) is 0 Å². The summed E-state index contributed by atoms with van der Waals surface area (Å²) in [4.78, 5) is 24.8. The highest BCUT2D eigenvalue weighted by molar-refractivity contribution is 7.71. The van der Waals surface area contributed by atoms with Gasteiger partial charge in [0.2, 0.25) is 0 Å². The number of carbonyl (C=O) groups excluding carboxylic acids is 1. The molecule has 8 heteroatoms. The van der Waals surface area contributed by atoms with Crippen LogP contribution in [0.5, 0.6) is 0 Å². The zero-order chi connectivity index (χ0) is 14.0. The molecule has 0 aromatic carbocycles. The van der Waals surface area contributed by atoms with Crippen molar-refractivity contribution >= 4 is 18.2 Å². The number of H-pyrrole nitrogens is 1. The Morgan fingerprint density at radius 1 is 1.74 bits per heavy atom. The molecule has 0 radical (unpaired) electrons. The highest BCUT2D eigenvalue weighted by atomic mass is 32.1. The van der Waals surface area contributed by atoms with Gasteiger partial charge in [-0.05, 0) is 6.07 Å². The number of hydrogen-bond donors (Lipinski definition) is 1. The van der Waals surface area contributed by atoms with Gasteiger partial charge in [0.25, 0.3) is 0 Å². The number of esters is 1. The van der Waals surface area contributed by atoms with Crippen molar-refractivity contribution in [2.45, 2.75) is 31.8 Å². The molecule has 104 valence electrons. The summed E-state index contributed by atoms with van der Waals surface area (Å²) in [5.41, 5.74) is -0.460. The Labute approximate surface area is 113 Å². The van der Waals surface area contributed by atoms with E-state index in [1.807, 2.05) is 0 Å². The molecule has 1 aromatic heterocycles. The Bertz CT molecular complexity index is 585. The van der Waals surface area contributed by atoms with E-state index in [0.29, 0.717) is 4.64 Å². The van der Waals surface area contributed by atoms with E-state index in [9.17, 15) is 14.0 Å². The molecule has 1 saturated heterocycles. The van der Waals surface area contributed by atoms with Gasteiger partial charge < -0.3 is 9.47 Å². The third-order valence-electron chi connectivity index (χ3n) is 2.77. The quantitative estimate of drug-likeness (QED) is 0.666. The van der Waals surface area contributed by atoms with Crippen LogP contribution in [0.25, 0.3) is 0 Å². The lowest BCUT2D eigenvalue weighted by Gasteiger charge is -2.15. The van der Waals surface area contributed by atoms with Crippen molar-refractivity contribution in [2.24, 2.45) is 0 Å². The highest BCUT2D eigenvalue weighted by Crippen LogP contribution is 2.29. The lowest BCUT2D eigenvalue weighted by molar-refractivity contribution is -0.146. The van der Waals surface area contributed by atoms with Crippen LogP contribution in [0.3, 0.4) is 0 Å². The average molecular weight is 288 g/mol. The molecule has 2 rings (SSSR count). The van der Waals surface area contributed by atoms with Gasteiger partial charge in [0.05, 0.1) is 0 Å². The van der Waals surface area contributed by atoms with E-state index in [2.05, 4.69) is 4.98 Å². The number of aromatic nitrogens is 2. The van der Waals surface area contributed by atoms with Gasteiger partial charge in [0.1, 0.15) is 29.8 Å². The Balaban J connectivity index is 2.09. The van der Waals surface area contributed by atoms with E-state index >= 15 is 0 Å². The van der Waals surface area contributed by atoms with Crippen LogP contribution < -0.4 is 5.69 Å². The number of aromatic amines is 1. The van der Waals surface area contributed by atoms with Gasteiger partial charge in [-0.2, -0.15) is 0 Å². The first-order valence-electron chi connectivity index (χ1n) is 5.71. The molecular weight excluding hydrogens is 275 g/mol. The molecule has 0 bridgehead atoms. The SMILES string of the molecule is CC(=O)OC[C@H]1O[C@@H](n2ccc(=S)[nH]c2=O)C[C@@H]1F. The summed E-state index contributed by atoms with van der Waals surface area (Å²) >= 11 is 4.81. The van der Waals surface area contributed by atoms with Gasteiger partial charge in [0, 0.05) is 19.5 Å². The van der Waals surface area contributed by atoms with Gasteiger partial charge in [-0.1, -0.05) is 12.2 Å². The minimum Gasteiger partial charge on any atom is -0.463 e. The van der Waals surface area contributed by atoms with Crippen LogP contribution in [-0.2, 0) is 14.3 Å². The maximum atomic E-state index is 13.7. The number of nitrogens with one attached hydrogen (secondary N) is 1. The molecule has 0 unspecified atom stereocenters. The maximum absolute atomic E-state index is 13.7. The van der Waals surface area contributed by atoms with Gasteiger partial charge >= 0.3 is 11.7 Å². The van der Waals surface area contributed by atoms with Gasteiger partial charge in [-0.3, -0.25) is 14.3 Å². The van der Waals surface area contributed by atoms with Gasteiger partial charge in [0.15, 0.2) is 0 Å². The van der Waals surface area contributed by atoms with E-state index in [4.69, 9.17) is 21.7 Å². The van der Waals surface area contributed by atoms with Crippen LogP contribution >= 0.6 is 12.2 Å². The standard InChI is InChI=1S/C11H13FN2O4S/c1-6(15)17-5-8-7(12)4-10(18-8)14-3-2-9(19)13-11(14)16/h2-3,7-8,10H,4-5H2,1H3,(H,13,16,19)/t7-,8+,10+/m0/s1. The van der Waals surface area contributed by atoms with Crippen LogP contribution in [-0.4, -0.2) is 34.4 Å². The molecular formula is C11H13FN2O4S. The zero-order valence-corrected chi connectivity index (χ0v) is 11.0. The minimum atomic E-state index is -1.29. The number of ether oxygens (including phenoxy) is 2. The van der Waals surface area contributed by atoms with Crippen LogP contribution in [0, 0.1) is 4.64 Å². The van der Waals surface area contributed by atoms with Crippen LogP contribution in [0.2, 0.25) is 0 Å². The number of halogens is 1. The normalized spacial score (nSPS) is 26.3. The van der Waals surface area contributed by atoms with E-state index in [1.165, 1.54) is 23.8 Å².